The molecule has 6 nitrogen and oxygen atoms in total. The van der Waals surface area contributed by atoms with E-state index in [1.807, 2.05) is 0 Å². The van der Waals surface area contributed by atoms with Gasteiger partial charge in [0.1, 0.15) is 0 Å². The van der Waals surface area contributed by atoms with E-state index < -0.39 is 4.92 Å². The van der Waals surface area contributed by atoms with E-state index in [1.54, 1.807) is 43.3 Å². The van der Waals surface area contributed by atoms with Crippen LogP contribution < -0.4 is 5.01 Å². The van der Waals surface area contributed by atoms with E-state index in [9.17, 15) is 14.9 Å². The molecular weight excluding hydrogens is 365 g/mol. The molecule has 0 saturated heterocycles. The lowest BCUT2D eigenvalue weighted by molar-refractivity contribution is -0.384. The van der Waals surface area contributed by atoms with Gasteiger partial charge in [-0.2, -0.15) is 10.1 Å². The van der Waals surface area contributed by atoms with Gasteiger partial charge in [-0.05, 0) is 48.9 Å². The number of anilines is 1. The van der Waals surface area contributed by atoms with Crippen LogP contribution in [-0.2, 0) is 4.79 Å². The van der Waals surface area contributed by atoms with Crippen LogP contribution in [0.25, 0.3) is 6.08 Å². The van der Waals surface area contributed by atoms with Crippen molar-refractivity contribution >= 4 is 52.3 Å². The van der Waals surface area contributed by atoms with E-state index >= 15 is 0 Å². The van der Waals surface area contributed by atoms with E-state index in [2.05, 4.69) is 5.10 Å². The van der Waals surface area contributed by atoms with Gasteiger partial charge in [0, 0.05) is 17.2 Å². The lowest BCUT2D eigenvalue weighted by Gasteiger charge is -2.13. The Morgan fingerprint density at radius 3 is 2.48 bits per heavy atom. The zero-order valence-corrected chi connectivity index (χ0v) is 14.5. The molecule has 3 rings (SSSR count). The average Bonchev–Trinajstić information content (AvgIpc) is 2.85. The summed E-state index contributed by atoms with van der Waals surface area (Å²) in [6.45, 7) is 1.70. The first-order valence-electron chi connectivity index (χ1n) is 7.18. The third-order valence-corrected chi connectivity index (χ3v) is 4.17. The highest BCUT2D eigenvalue weighted by atomic mass is 35.5. The molecule has 0 bridgehead atoms. The number of rotatable bonds is 3. The maximum Gasteiger partial charge on any atom is 0.280 e. The molecule has 2 aromatic carbocycles. The Hall–Kier alpha value is -2.70. The van der Waals surface area contributed by atoms with Crippen molar-refractivity contribution < 1.29 is 9.72 Å². The summed E-state index contributed by atoms with van der Waals surface area (Å²) in [6, 6.07) is 10.7. The van der Waals surface area contributed by atoms with E-state index in [-0.39, 0.29) is 11.6 Å². The molecule has 1 aliphatic rings. The average molecular weight is 376 g/mol. The van der Waals surface area contributed by atoms with Gasteiger partial charge in [-0.3, -0.25) is 14.9 Å². The number of hydrazone groups is 1. The van der Waals surface area contributed by atoms with Gasteiger partial charge in [-0.15, -0.1) is 0 Å². The Labute approximate surface area is 153 Å². The van der Waals surface area contributed by atoms with E-state index in [1.165, 1.54) is 17.1 Å². The molecule has 1 heterocycles. The van der Waals surface area contributed by atoms with Gasteiger partial charge in [0.15, 0.2) is 0 Å². The number of carbonyl (C=O) groups excluding carboxylic acids is 1. The fourth-order valence-corrected chi connectivity index (χ4v) is 2.72. The molecule has 126 valence electrons. The van der Waals surface area contributed by atoms with E-state index in [4.69, 9.17) is 23.2 Å². The Morgan fingerprint density at radius 2 is 1.84 bits per heavy atom. The number of hydrogen-bond acceptors (Lipinski definition) is 4. The molecule has 0 radical (unpaired) electrons. The third-order valence-electron chi connectivity index (χ3n) is 3.61. The van der Waals surface area contributed by atoms with Crippen molar-refractivity contribution in [3.63, 3.8) is 0 Å². The smallest absolute Gasteiger partial charge is 0.267 e. The van der Waals surface area contributed by atoms with Crippen molar-refractivity contribution in [1.82, 2.24) is 0 Å². The summed E-state index contributed by atoms with van der Waals surface area (Å²) < 4.78 is 0. The Bertz CT molecular complexity index is 937. The van der Waals surface area contributed by atoms with Gasteiger partial charge in [0.25, 0.3) is 11.6 Å². The summed E-state index contributed by atoms with van der Waals surface area (Å²) in [4.78, 5) is 22.9. The van der Waals surface area contributed by atoms with Gasteiger partial charge in [-0.25, -0.2) is 0 Å². The van der Waals surface area contributed by atoms with E-state index in [0.29, 0.717) is 32.6 Å². The summed E-state index contributed by atoms with van der Waals surface area (Å²) in [5, 5.41) is 16.9. The first-order chi connectivity index (χ1) is 11.9. The van der Waals surface area contributed by atoms with Gasteiger partial charge >= 0.3 is 0 Å². The van der Waals surface area contributed by atoms with Crippen molar-refractivity contribution in [3.05, 3.63) is 73.8 Å². The number of benzene rings is 2. The minimum absolute atomic E-state index is 0.0161. The quantitative estimate of drug-likeness (QED) is 0.442. The number of nitro benzene ring substituents is 1. The third kappa shape index (κ3) is 3.40. The molecule has 8 heteroatoms. The predicted molar refractivity (Wildman–Crippen MR) is 98.1 cm³/mol. The van der Waals surface area contributed by atoms with Crippen molar-refractivity contribution in [3.8, 4) is 0 Å². The van der Waals surface area contributed by atoms with Gasteiger partial charge in [0.05, 0.1) is 26.9 Å². The fourth-order valence-electron chi connectivity index (χ4n) is 2.35. The molecule has 0 aliphatic carbocycles. The minimum Gasteiger partial charge on any atom is -0.267 e. The number of nitrogens with zero attached hydrogens (tertiary/aromatic N) is 3. The maximum atomic E-state index is 12.7. The van der Waals surface area contributed by atoms with Crippen LogP contribution >= 0.6 is 23.2 Å². The number of nitro groups is 1. The van der Waals surface area contributed by atoms with Crippen LogP contribution in [0.1, 0.15) is 12.5 Å². The van der Waals surface area contributed by atoms with Crippen molar-refractivity contribution in [2.45, 2.75) is 6.92 Å². The molecule has 0 N–H and O–H groups in total. The summed E-state index contributed by atoms with van der Waals surface area (Å²) >= 11 is 12.1. The second-order valence-electron chi connectivity index (χ2n) is 5.30. The SMILES string of the molecule is CC1=NN(c2cc(Cl)ccc2Cl)C(=O)/C1=C\c1ccc([N+](=O)[O-])cc1. The first-order valence-corrected chi connectivity index (χ1v) is 7.93. The van der Waals surface area contributed by atoms with Crippen LogP contribution in [0, 0.1) is 10.1 Å². The number of non-ortho nitro benzene ring substituents is 1. The molecule has 0 atom stereocenters. The van der Waals surface area contributed by atoms with E-state index in [0.717, 1.165) is 0 Å². The summed E-state index contributed by atoms with van der Waals surface area (Å²) in [5.74, 6) is -0.347. The van der Waals surface area contributed by atoms with Gasteiger partial charge in [0.2, 0.25) is 0 Å². The zero-order chi connectivity index (χ0) is 18.1. The lowest BCUT2D eigenvalue weighted by Crippen LogP contribution is -2.21. The van der Waals surface area contributed by atoms with Crippen LogP contribution in [0.5, 0.6) is 0 Å². The summed E-state index contributed by atoms with van der Waals surface area (Å²) in [7, 11) is 0. The molecule has 2 aromatic rings. The minimum atomic E-state index is -0.479. The lowest BCUT2D eigenvalue weighted by atomic mass is 10.1. The van der Waals surface area contributed by atoms with Crippen LogP contribution in [-0.4, -0.2) is 16.5 Å². The highest BCUT2D eigenvalue weighted by Gasteiger charge is 2.30. The first kappa shape index (κ1) is 17.1. The highest BCUT2D eigenvalue weighted by Crippen LogP contribution is 2.33. The van der Waals surface area contributed by atoms with Gasteiger partial charge < -0.3 is 0 Å². The molecule has 1 amide bonds. The molecule has 0 fully saturated rings. The number of carbonyl (C=O) groups is 1. The molecule has 1 aliphatic heterocycles. The van der Waals surface area contributed by atoms with Crippen LogP contribution in [0.15, 0.2) is 53.1 Å². The molecule has 0 spiro atoms. The topological polar surface area (TPSA) is 75.8 Å². The Balaban J connectivity index is 1.94. The van der Waals surface area contributed by atoms with Crippen LogP contribution in [0.3, 0.4) is 0 Å². The van der Waals surface area contributed by atoms with Crippen molar-refractivity contribution in [2.24, 2.45) is 5.10 Å². The zero-order valence-electron chi connectivity index (χ0n) is 12.9. The van der Waals surface area contributed by atoms with Crippen molar-refractivity contribution in [2.75, 3.05) is 5.01 Å². The summed E-state index contributed by atoms with van der Waals surface area (Å²) in [6.07, 6.45) is 1.63. The van der Waals surface area contributed by atoms with Crippen LogP contribution in [0.4, 0.5) is 11.4 Å². The predicted octanol–water partition coefficient (Wildman–Crippen LogP) is 4.71. The largest absolute Gasteiger partial charge is 0.280 e. The Kier molecular flexibility index (Phi) is 4.57. The number of amides is 1. The van der Waals surface area contributed by atoms with Crippen LogP contribution in [0.2, 0.25) is 10.0 Å². The maximum absolute atomic E-state index is 12.7. The van der Waals surface area contributed by atoms with Gasteiger partial charge in [-0.1, -0.05) is 23.2 Å². The number of hydrogen-bond donors (Lipinski definition) is 0. The molecule has 0 unspecified atom stereocenters. The second-order valence-corrected chi connectivity index (χ2v) is 6.15. The summed E-state index contributed by atoms with van der Waals surface area (Å²) in [5.41, 5.74) is 1.93. The normalized spacial score (nSPS) is 15.6. The fraction of sp³-hybridized carbons (Fsp3) is 0.0588. The second kappa shape index (κ2) is 6.66. The monoisotopic (exact) mass is 375 g/mol. The highest BCUT2D eigenvalue weighted by molar-refractivity contribution is 6.38. The Morgan fingerprint density at radius 1 is 1.16 bits per heavy atom. The molecule has 25 heavy (non-hydrogen) atoms. The standard InChI is InChI=1S/C17H11Cl2N3O3/c1-10-14(8-11-2-5-13(6-3-11)22(24)25)17(23)21(20-10)16-9-12(18)4-7-15(16)19/h2-9H,1H3/b14-8-. The molecular formula is C17H11Cl2N3O3. The molecule has 0 aromatic heterocycles. The molecule has 0 saturated carbocycles. The van der Waals surface area contributed by atoms with Crippen molar-refractivity contribution in [1.29, 1.82) is 0 Å². The number of halogens is 2.